The second-order valence-electron chi connectivity index (χ2n) is 9.92. The topological polar surface area (TPSA) is 143 Å². The molecule has 1 amide bonds. The molecule has 1 saturated carbocycles. The van der Waals surface area contributed by atoms with Crippen LogP contribution >= 0.6 is 0 Å². The van der Waals surface area contributed by atoms with Crippen LogP contribution in [0.15, 0.2) is 17.0 Å². The smallest absolute Gasteiger partial charge is 0.380 e. The van der Waals surface area contributed by atoms with E-state index in [0.29, 0.717) is 5.69 Å². The number of aromatic nitrogens is 6. The number of amides is 1. The average molecular weight is 544 g/mol. The quantitative estimate of drug-likeness (QED) is 0.413. The van der Waals surface area contributed by atoms with Crippen LogP contribution in [0.5, 0.6) is 0 Å². The summed E-state index contributed by atoms with van der Waals surface area (Å²) in [4.78, 5) is 21.7. The minimum Gasteiger partial charge on any atom is -0.380 e. The van der Waals surface area contributed by atoms with E-state index in [0.717, 1.165) is 0 Å². The molecule has 16 heteroatoms. The molecule has 3 aromatic rings. The molecule has 3 atom stereocenters. The fraction of sp³-hybridized carbons (Fsp3) is 0.636. The third-order valence-corrected chi connectivity index (χ3v) is 7.29. The number of halogens is 5. The van der Waals surface area contributed by atoms with Crippen molar-refractivity contribution in [3.8, 4) is 0 Å². The van der Waals surface area contributed by atoms with Crippen LogP contribution in [0.4, 0.5) is 22.0 Å². The molecule has 0 radical (unpaired) electrons. The lowest BCUT2D eigenvalue weighted by atomic mass is 9.81. The van der Waals surface area contributed by atoms with Gasteiger partial charge in [0.15, 0.2) is 11.3 Å². The van der Waals surface area contributed by atoms with Crippen LogP contribution in [0, 0.1) is 12.8 Å². The number of carbonyl (C=O) groups excluding carboxylic acids is 1. The number of piperidine rings is 1. The van der Waals surface area contributed by atoms with Crippen LogP contribution in [-0.4, -0.2) is 65.2 Å². The van der Waals surface area contributed by atoms with Crippen LogP contribution in [0.2, 0.25) is 0 Å². The van der Waals surface area contributed by atoms with E-state index < -0.39 is 48.5 Å². The molecule has 11 nitrogen and oxygen atoms in total. The predicted octanol–water partition coefficient (Wildman–Crippen LogP) is 2.83. The molecule has 1 saturated heterocycles. The van der Waals surface area contributed by atoms with Crippen molar-refractivity contribution < 1.29 is 36.5 Å². The fourth-order valence-electron chi connectivity index (χ4n) is 5.03. The Kier molecular flexibility index (Phi) is 6.57. The number of aliphatic hydroxyl groups is 1. The van der Waals surface area contributed by atoms with Gasteiger partial charge in [-0.3, -0.25) is 4.79 Å². The Morgan fingerprint density at radius 2 is 1.97 bits per heavy atom. The summed E-state index contributed by atoms with van der Waals surface area (Å²) >= 11 is 0. The molecule has 2 fully saturated rings. The summed E-state index contributed by atoms with van der Waals surface area (Å²) in [6, 6.07) is -1.73. The van der Waals surface area contributed by atoms with E-state index in [9.17, 15) is 31.9 Å². The first kappa shape index (κ1) is 26.3. The summed E-state index contributed by atoms with van der Waals surface area (Å²) in [6.45, 7) is 1.45. The van der Waals surface area contributed by atoms with Gasteiger partial charge in [0.2, 0.25) is 5.92 Å². The maximum absolute atomic E-state index is 13.8. The summed E-state index contributed by atoms with van der Waals surface area (Å²) < 4.78 is 73.7. The molecule has 3 aromatic heterocycles. The number of nitrogens with one attached hydrogen (secondary N) is 2. The molecule has 1 aliphatic heterocycles. The van der Waals surface area contributed by atoms with Crippen LogP contribution < -0.4 is 10.6 Å². The van der Waals surface area contributed by atoms with Crippen molar-refractivity contribution in [2.45, 2.75) is 75.2 Å². The van der Waals surface area contributed by atoms with E-state index in [2.05, 4.69) is 40.6 Å². The van der Waals surface area contributed by atoms with Gasteiger partial charge in [0.25, 0.3) is 11.7 Å². The first-order chi connectivity index (χ1) is 17.9. The lowest BCUT2D eigenvalue weighted by molar-refractivity contribution is -0.271. The van der Waals surface area contributed by atoms with Gasteiger partial charge in [-0.1, -0.05) is 5.16 Å². The lowest BCUT2D eigenvalue weighted by Gasteiger charge is -2.38. The van der Waals surface area contributed by atoms with Crippen molar-refractivity contribution in [2.75, 3.05) is 6.54 Å². The zero-order chi connectivity index (χ0) is 27.3. The number of nitrogens with zero attached hydrogens (tertiary/aromatic N) is 6. The third kappa shape index (κ3) is 5.06. The van der Waals surface area contributed by atoms with Gasteiger partial charge < -0.3 is 15.7 Å². The van der Waals surface area contributed by atoms with Gasteiger partial charge in [-0.15, -0.1) is 0 Å². The largest absolute Gasteiger partial charge is 0.417 e. The highest BCUT2D eigenvalue weighted by atomic mass is 19.4. The SMILES string of the molecule is Cc1nonc1C(=O)N[C@H](c1cn2ncc(C3CC(O)(C(F)(F)F)CCN3)nc2n1)C1CCC(F)(F)CC1. The van der Waals surface area contributed by atoms with Gasteiger partial charge in [0.1, 0.15) is 5.69 Å². The molecule has 1 aliphatic carbocycles. The van der Waals surface area contributed by atoms with Gasteiger partial charge >= 0.3 is 6.18 Å². The summed E-state index contributed by atoms with van der Waals surface area (Å²) in [6.07, 6.45) is -3.63. The number of hydrogen-bond acceptors (Lipinski definition) is 9. The Labute approximate surface area is 212 Å². The molecule has 4 heterocycles. The lowest BCUT2D eigenvalue weighted by Crippen LogP contribution is -2.53. The minimum atomic E-state index is -4.80. The second-order valence-corrected chi connectivity index (χ2v) is 9.92. The number of fused-ring (bicyclic) bond motifs is 1. The maximum Gasteiger partial charge on any atom is 0.417 e. The average Bonchev–Trinajstić information content (AvgIpc) is 3.47. The Morgan fingerprint density at radius 1 is 1.24 bits per heavy atom. The summed E-state index contributed by atoms with van der Waals surface area (Å²) in [5.41, 5.74) is -2.22. The van der Waals surface area contributed by atoms with Crippen LogP contribution in [-0.2, 0) is 0 Å². The third-order valence-electron chi connectivity index (χ3n) is 7.29. The highest BCUT2D eigenvalue weighted by molar-refractivity contribution is 5.93. The fourth-order valence-corrected chi connectivity index (χ4v) is 5.03. The number of aryl methyl sites for hydroxylation is 1. The van der Waals surface area contributed by atoms with Gasteiger partial charge in [-0.05, 0) is 43.8 Å². The van der Waals surface area contributed by atoms with E-state index in [4.69, 9.17) is 0 Å². The molecule has 206 valence electrons. The van der Waals surface area contributed by atoms with Gasteiger partial charge in [0.05, 0.1) is 35.9 Å². The molecular weight excluding hydrogens is 519 g/mol. The Hall–Kier alpha value is -3.27. The van der Waals surface area contributed by atoms with Crippen molar-refractivity contribution in [1.29, 1.82) is 0 Å². The molecule has 3 N–H and O–H groups in total. The monoisotopic (exact) mass is 544 g/mol. The van der Waals surface area contributed by atoms with E-state index in [1.54, 1.807) is 0 Å². The molecule has 2 unspecified atom stereocenters. The normalized spacial score (nSPS) is 25.4. The van der Waals surface area contributed by atoms with Crippen molar-refractivity contribution in [1.82, 2.24) is 40.5 Å². The van der Waals surface area contributed by atoms with E-state index in [-0.39, 0.29) is 61.0 Å². The Morgan fingerprint density at radius 3 is 2.63 bits per heavy atom. The zero-order valence-electron chi connectivity index (χ0n) is 20.2. The van der Waals surface area contributed by atoms with Gasteiger partial charge in [-0.25, -0.2) is 27.9 Å². The highest BCUT2D eigenvalue weighted by Crippen LogP contribution is 2.43. The van der Waals surface area contributed by atoms with E-state index >= 15 is 0 Å². The van der Waals surface area contributed by atoms with Crippen molar-refractivity contribution >= 4 is 11.7 Å². The number of alkyl halides is 5. The van der Waals surface area contributed by atoms with Gasteiger partial charge in [0, 0.05) is 19.3 Å². The summed E-state index contributed by atoms with van der Waals surface area (Å²) in [5.74, 6) is -3.76. The number of imidazole rings is 1. The maximum atomic E-state index is 13.8. The van der Waals surface area contributed by atoms with Crippen LogP contribution in [0.25, 0.3) is 5.78 Å². The minimum absolute atomic E-state index is 0.0418. The number of rotatable bonds is 5. The first-order valence-electron chi connectivity index (χ1n) is 12.1. The van der Waals surface area contributed by atoms with Gasteiger partial charge in [-0.2, -0.15) is 18.3 Å². The predicted molar refractivity (Wildman–Crippen MR) is 118 cm³/mol. The standard InChI is InChI=1S/C22H25F5N8O3/c1-11-16(34-38-33-11)18(36)32-17(12-2-4-21(23,24)5-3-12)15-10-35-19(31-15)30-14(9-29-35)13-8-20(37,6-7-28-13)22(25,26)27/h9-10,12-13,17,28,37H,2-8H2,1H3,(H,32,36)/t13?,17-,20?/m0/s1. The van der Waals surface area contributed by atoms with Crippen LogP contribution in [0.3, 0.4) is 0 Å². The first-order valence-corrected chi connectivity index (χ1v) is 12.1. The Bertz CT molecular complexity index is 1320. The number of carbonyl (C=O) groups is 1. The molecule has 38 heavy (non-hydrogen) atoms. The van der Waals surface area contributed by atoms with E-state index in [1.807, 2.05) is 0 Å². The highest BCUT2D eigenvalue weighted by Gasteiger charge is 2.55. The summed E-state index contributed by atoms with van der Waals surface area (Å²) in [5, 5.41) is 27.2. The molecular formula is C22H25F5N8O3. The molecule has 0 spiro atoms. The summed E-state index contributed by atoms with van der Waals surface area (Å²) in [7, 11) is 0. The number of hydrogen-bond donors (Lipinski definition) is 3. The zero-order valence-corrected chi connectivity index (χ0v) is 20.2. The molecule has 0 bridgehead atoms. The molecule has 5 rings (SSSR count). The molecule has 0 aromatic carbocycles. The Balaban J connectivity index is 1.43. The van der Waals surface area contributed by atoms with E-state index in [1.165, 1.54) is 23.8 Å². The molecule has 2 aliphatic rings. The van der Waals surface area contributed by atoms with Crippen molar-refractivity contribution in [3.63, 3.8) is 0 Å². The van der Waals surface area contributed by atoms with Crippen molar-refractivity contribution in [3.05, 3.63) is 35.2 Å². The second kappa shape index (κ2) is 9.48. The van der Waals surface area contributed by atoms with Crippen LogP contribution in [0.1, 0.15) is 78.2 Å². The van der Waals surface area contributed by atoms with Crippen molar-refractivity contribution in [2.24, 2.45) is 5.92 Å².